The fourth-order valence-electron chi connectivity index (χ4n) is 1.01. The van der Waals surface area contributed by atoms with Crippen LogP contribution in [0.2, 0.25) is 0 Å². The summed E-state index contributed by atoms with van der Waals surface area (Å²) in [7, 11) is 0. The van der Waals surface area contributed by atoms with E-state index < -0.39 is 0 Å². The molecule has 0 aliphatic carbocycles. The second-order valence-corrected chi connectivity index (χ2v) is 2.71. The second-order valence-electron chi connectivity index (χ2n) is 2.40. The zero-order valence-electron chi connectivity index (χ0n) is 5.06. The molecule has 2 unspecified atom stereocenters. The van der Waals surface area contributed by atoms with Crippen LogP contribution in [0.15, 0.2) is 0 Å². The van der Waals surface area contributed by atoms with Gasteiger partial charge in [0.2, 0.25) is 0 Å². The SMILES string of the molecule is CC1CC(CCl)CO1. The number of hydrogen-bond donors (Lipinski definition) is 0. The number of rotatable bonds is 1. The summed E-state index contributed by atoms with van der Waals surface area (Å²) in [5.74, 6) is 1.37. The molecular formula is C6H11ClO. The highest BCUT2D eigenvalue weighted by Gasteiger charge is 2.20. The summed E-state index contributed by atoms with van der Waals surface area (Å²) >= 11 is 5.59. The Balaban J connectivity index is 2.22. The molecule has 0 saturated carbocycles. The van der Waals surface area contributed by atoms with E-state index in [9.17, 15) is 0 Å². The third kappa shape index (κ3) is 1.36. The first-order valence-corrected chi connectivity index (χ1v) is 3.54. The molecule has 1 heterocycles. The average Bonchev–Trinajstić information content (AvgIpc) is 2.14. The van der Waals surface area contributed by atoms with Gasteiger partial charge in [-0.2, -0.15) is 0 Å². The molecule has 0 radical (unpaired) electrons. The molecule has 1 saturated heterocycles. The molecular weight excluding hydrogens is 124 g/mol. The van der Waals surface area contributed by atoms with E-state index in [1.54, 1.807) is 0 Å². The minimum absolute atomic E-state index is 0.443. The van der Waals surface area contributed by atoms with Gasteiger partial charge in [0.15, 0.2) is 0 Å². The van der Waals surface area contributed by atoms with Gasteiger partial charge in [-0.3, -0.25) is 0 Å². The van der Waals surface area contributed by atoms with Crippen LogP contribution in [0, 0.1) is 5.92 Å². The molecule has 0 aromatic carbocycles. The molecule has 8 heavy (non-hydrogen) atoms. The Hall–Kier alpha value is 0.250. The average molecular weight is 135 g/mol. The van der Waals surface area contributed by atoms with Crippen LogP contribution in [-0.4, -0.2) is 18.6 Å². The molecule has 1 nitrogen and oxygen atoms in total. The molecule has 0 bridgehead atoms. The van der Waals surface area contributed by atoms with Crippen molar-refractivity contribution in [2.75, 3.05) is 12.5 Å². The third-order valence-electron chi connectivity index (χ3n) is 1.50. The Morgan fingerprint density at radius 2 is 2.50 bits per heavy atom. The minimum Gasteiger partial charge on any atom is -0.378 e. The topological polar surface area (TPSA) is 9.23 Å². The van der Waals surface area contributed by atoms with Crippen molar-refractivity contribution >= 4 is 11.6 Å². The lowest BCUT2D eigenvalue weighted by atomic mass is 10.1. The zero-order chi connectivity index (χ0) is 5.98. The van der Waals surface area contributed by atoms with Crippen molar-refractivity contribution in [3.63, 3.8) is 0 Å². The summed E-state index contributed by atoms with van der Waals surface area (Å²) < 4.78 is 5.27. The number of halogens is 1. The highest BCUT2D eigenvalue weighted by atomic mass is 35.5. The molecule has 1 aliphatic rings. The minimum atomic E-state index is 0.443. The quantitative estimate of drug-likeness (QED) is 0.496. The van der Waals surface area contributed by atoms with E-state index in [0.717, 1.165) is 18.9 Å². The summed E-state index contributed by atoms with van der Waals surface area (Å²) in [5, 5.41) is 0. The van der Waals surface area contributed by atoms with Crippen LogP contribution in [0.5, 0.6) is 0 Å². The van der Waals surface area contributed by atoms with Gasteiger partial charge in [0, 0.05) is 5.88 Å². The Morgan fingerprint density at radius 1 is 1.75 bits per heavy atom. The molecule has 48 valence electrons. The largest absolute Gasteiger partial charge is 0.378 e. The van der Waals surface area contributed by atoms with Crippen molar-refractivity contribution < 1.29 is 4.74 Å². The van der Waals surface area contributed by atoms with Crippen LogP contribution in [0.3, 0.4) is 0 Å². The molecule has 1 aliphatic heterocycles. The summed E-state index contributed by atoms with van der Waals surface area (Å²) in [6.45, 7) is 2.96. The molecule has 2 heteroatoms. The van der Waals surface area contributed by atoms with E-state index in [4.69, 9.17) is 16.3 Å². The number of ether oxygens (including phenoxy) is 1. The first kappa shape index (κ1) is 6.37. The van der Waals surface area contributed by atoms with E-state index >= 15 is 0 Å². The maximum Gasteiger partial charge on any atom is 0.0551 e. The lowest BCUT2D eigenvalue weighted by Crippen LogP contribution is -1.99. The molecule has 2 atom stereocenters. The monoisotopic (exact) mass is 134 g/mol. The van der Waals surface area contributed by atoms with Gasteiger partial charge >= 0.3 is 0 Å². The Morgan fingerprint density at radius 3 is 2.75 bits per heavy atom. The molecule has 1 rings (SSSR count). The lowest BCUT2D eigenvalue weighted by molar-refractivity contribution is 0.121. The van der Waals surface area contributed by atoms with Gasteiger partial charge in [-0.15, -0.1) is 11.6 Å². The normalized spacial score (nSPS) is 38.2. The van der Waals surface area contributed by atoms with Gasteiger partial charge in [0.05, 0.1) is 12.7 Å². The highest BCUT2D eigenvalue weighted by Crippen LogP contribution is 2.19. The summed E-state index contributed by atoms with van der Waals surface area (Å²) in [4.78, 5) is 0. The number of alkyl halides is 1. The molecule has 0 spiro atoms. The van der Waals surface area contributed by atoms with Crippen LogP contribution in [0.25, 0.3) is 0 Å². The van der Waals surface area contributed by atoms with Crippen molar-refractivity contribution in [1.29, 1.82) is 0 Å². The van der Waals surface area contributed by atoms with Gasteiger partial charge in [0.1, 0.15) is 0 Å². The first-order chi connectivity index (χ1) is 3.83. The van der Waals surface area contributed by atoms with Crippen molar-refractivity contribution in [2.24, 2.45) is 5.92 Å². The van der Waals surface area contributed by atoms with E-state index in [1.165, 1.54) is 0 Å². The molecule has 1 fully saturated rings. The van der Waals surface area contributed by atoms with Gasteiger partial charge < -0.3 is 4.74 Å². The fraction of sp³-hybridized carbons (Fsp3) is 1.00. The third-order valence-corrected chi connectivity index (χ3v) is 1.94. The smallest absolute Gasteiger partial charge is 0.0551 e. The van der Waals surface area contributed by atoms with Crippen LogP contribution < -0.4 is 0 Å². The van der Waals surface area contributed by atoms with Crippen molar-refractivity contribution in [1.82, 2.24) is 0 Å². The summed E-state index contributed by atoms with van der Waals surface area (Å²) in [5.41, 5.74) is 0. The maximum atomic E-state index is 5.59. The predicted octanol–water partition coefficient (Wildman–Crippen LogP) is 1.65. The molecule has 0 N–H and O–H groups in total. The van der Waals surface area contributed by atoms with E-state index in [-0.39, 0.29) is 0 Å². The summed E-state index contributed by atoms with van der Waals surface area (Å²) in [6, 6.07) is 0. The Labute approximate surface area is 55.0 Å². The van der Waals surface area contributed by atoms with Crippen LogP contribution >= 0.6 is 11.6 Å². The second kappa shape index (κ2) is 2.70. The van der Waals surface area contributed by atoms with Crippen molar-refractivity contribution in [3.05, 3.63) is 0 Å². The number of hydrogen-bond acceptors (Lipinski definition) is 1. The Bertz CT molecular complexity index is 74.9. The standard InChI is InChI=1S/C6H11ClO/c1-5-2-6(3-7)4-8-5/h5-6H,2-4H2,1H3. The van der Waals surface area contributed by atoms with Crippen LogP contribution in [0.1, 0.15) is 13.3 Å². The van der Waals surface area contributed by atoms with Gasteiger partial charge in [-0.05, 0) is 19.3 Å². The molecule has 0 amide bonds. The van der Waals surface area contributed by atoms with Crippen LogP contribution in [-0.2, 0) is 4.74 Å². The van der Waals surface area contributed by atoms with Gasteiger partial charge in [-0.1, -0.05) is 0 Å². The summed E-state index contributed by atoms with van der Waals surface area (Å²) in [6.07, 6.45) is 1.59. The van der Waals surface area contributed by atoms with Crippen molar-refractivity contribution in [2.45, 2.75) is 19.4 Å². The van der Waals surface area contributed by atoms with Gasteiger partial charge in [0.25, 0.3) is 0 Å². The Kier molecular flexibility index (Phi) is 2.15. The van der Waals surface area contributed by atoms with Crippen molar-refractivity contribution in [3.8, 4) is 0 Å². The first-order valence-electron chi connectivity index (χ1n) is 3.00. The molecule has 0 aromatic rings. The van der Waals surface area contributed by atoms with E-state index in [0.29, 0.717) is 12.0 Å². The van der Waals surface area contributed by atoms with E-state index in [2.05, 4.69) is 6.92 Å². The fourth-order valence-corrected chi connectivity index (χ4v) is 1.23. The highest BCUT2D eigenvalue weighted by molar-refractivity contribution is 6.18. The van der Waals surface area contributed by atoms with Crippen LogP contribution in [0.4, 0.5) is 0 Å². The lowest BCUT2D eigenvalue weighted by Gasteiger charge is -1.97. The predicted molar refractivity (Wildman–Crippen MR) is 34.2 cm³/mol. The van der Waals surface area contributed by atoms with E-state index in [1.807, 2.05) is 0 Å². The van der Waals surface area contributed by atoms with Gasteiger partial charge in [-0.25, -0.2) is 0 Å². The zero-order valence-corrected chi connectivity index (χ0v) is 5.82. The molecule has 0 aromatic heterocycles. The maximum absolute atomic E-state index is 5.59.